The summed E-state index contributed by atoms with van der Waals surface area (Å²) in [6, 6.07) is 4.26. The lowest BCUT2D eigenvalue weighted by Gasteiger charge is -2.23. The van der Waals surface area contributed by atoms with Crippen LogP contribution in [0.25, 0.3) is 0 Å². The van der Waals surface area contributed by atoms with Crippen LogP contribution >= 0.6 is 11.3 Å². The van der Waals surface area contributed by atoms with E-state index in [1.54, 1.807) is 18.4 Å². The Balaban J connectivity index is 2.13. The first kappa shape index (κ1) is 16.5. The largest absolute Gasteiger partial charge is 0.385 e. The first-order chi connectivity index (χ1) is 10.0. The molecule has 2 atom stereocenters. The van der Waals surface area contributed by atoms with Gasteiger partial charge in [-0.2, -0.15) is 0 Å². The van der Waals surface area contributed by atoms with Gasteiger partial charge >= 0.3 is 0 Å². The second kappa shape index (κ2) is 6.90. The predicted octanol–water partition coefficient (Wildman–Crippen LogP) is 3.08. The van der Waals surface area contributed by atoms with E-state index < -0.39 is 5.54 Å². The number of unbranched alkanes of at least 4 members (excludes halogenated alkanes) is 1. The molecule has 1 aliphatic rings. The lowest BCUT2D eigenvalue weighted by molar-refractivity contribution is -0.133. The minimum absolute atomic E-state index is 0.0173. The van der Waals surface area contributed by atoms with Crippen LogP contribution in [0.4, 0.5) is 0 Å². The lowest BCUT2D eigenvalue weighted by atomic mass is 9.99. The van der Waals surface area contributed by atoms with Gasteiger partial charge in [-0.05, 0) is 45.2 Å². The van der Waals surface area contributed by atoms with Crippen molar-refractivity contribution >= 4 is 17.2 Å². The van der Waals surface area contributed by atoms with E-state index in [2.05, 4.69) is 31.3 Å². The normalized spacial score (nSPS) is 25.8. The third kappa shape index (κ3) is 3.47. The predicted molar refractivity (Wildman–Crippen MR) is 86.5 cm³/mol. The van der Waals surface area contributed by atoms with Gasteiger partial charge in [0.25, 0.3) is 0 Å². The summed E-state index contributed by atoms with van der Waals surface area (Å²) in [6.07, 6.45) is 2.78. The fourth-order valence-corrected chi connectivity index (χ4v) is 3.65. The molecule has 4 nitrogen and oxygen atoms in total. The van der Waals surface area contributed by atoms with Crippen LogP contribution in [0.15, 0.2) is 12.1 Å². The Bertz CT molecular complexity index is 488. The zero-order chi connectivity index (χ0) is 15.5. The summed E-state index contributed by atoms with van der Waals surface area (Å²) in [5.41, 5.74) is -0.441. The molecule has 0 aliphatic carbocycles. The van der Waals surface area contributed by atoms with Crippen molar-refractivity contribution in [3.8, 4) is 0 Å². The third-order valence-corrected chi connectivity index (χ3v) is 5.29. The Morgan fingerprint density at radius 2 is 2.19 bits per heavy atom. The molecule has 0 aromatic carbocycles. The Hall–Kier alpha value is -0.910. The fourth-order valence-electron chi connectivity index (χ4n) is 2.71. The molecule has 2 heterocycles. The minimum Gasteiger partial charge on any atom is -0.385 e. The highest BCUT2D eigenvalue weighted by Gasteiger charge is 2.47. The topological polar surface area (TPSA) is 41.6 Å². The molecular weight excluding hydrogens is 284 g/mol. The van der Waals surface area contributed by atoms with Crippen molar-refractivity contribution in [1.29, 1.82) is 0 Å². The summed E-state index contributed by atoms with van der Waals surface area (Å²) >= 11 is 1.76. The number of hydrogen-bond donors (Lipinski definition) is 1. The molecule has 5 heteroatoms. The molecule has 2 unspecified atom stereocenters. The maximum Gasteiger partial charge on any atom is 0.244 e. The highest BCUT2D eigenvalue weighted by atomic mass is 32.1. The van der Waals surface area contributed by atoms with E-state index in [1.165, 1.54) is 9.75 Å². The summed E-state index contributed by atoms with van der Waals surface area (Å²) in [5.74, 6) is 0.221. The van der Waals surface area contributed by atoms with Gasteiger partial charge in [-0.25, -0.2) is 0 Å². The van der Waals surface area contributed by atoms with Crippen LogP contribution in [0.1, 0.15) is 49.0 Å². The summed E-state index contributed by atoms with van der Waals surface area (Å²) in [6.45, 7) is 7.72. The van der Waals surface area contributed by atoms with Crippen LogP contribution in [-0.2, 0) is 9.53 Å². The number of nitrogens with zero attached hydrogens (tertiary/aromatic N) is 1. The van der Waals surface area contributed by atoms with Crippen molar-refractivity contribution in [2.45, 2.75) is 51.7 Å². The van der Waals surface area contributed by atoms with E-state index >= 15 is 0 Å². The molecule has 1 N–H and O–H groups in total. The number of carbonyl (C=O) groups excluding carboxylic acids is 1. The van der Waals surface area contributed by atoms with Crippen LogP contribution in [0.3, 0.4) is 0 Å². The van der Waals surface area contributed by atoms with Gasteiger partial charge in [-0.15, -0.1) is 11.3 Å². The number of hydrogen-bond acceptors (Lipinski definition) is 4. The van der Waals surface area contributed by atoms with Gasteiger partial charge in [0.15, 0.2) is 0 Å². The van der Waals surface area contributed by atoms with Crippen molar-refractivity contribution in [2.75, 3.05) is 20.3 Å². The number of methoxy groups -OCH3 is 1. The van der Waals surface area contributed by atoms with Crippen molar-refractivity contribution in [3.63, 3.8) is 0 Å². The second-order valence-electron chi connectivity index (χ2n) is 5.88. The van der Waals surface area contributed by atoms with Gasteiger partial charge in [0.1, 0.15) is 6.17 Å². The molecule has 2 rings (SSSR count). The number of thiophene rings is 1. The van der Waals surface area contributed by atoms with Crippen molar-refractivity contribution in [3.05, 3.63) is 21.9 Å². The molecule has 1 amide bonds. The van der Waals surface area contributed by atoms with Crippen molar-refractivity contribution in [1.82, 2.24) is 10.2 Å². The van der Waals surface area contributed by atoms with E-state index in [0.29, 0.717) is 0 Å². The Labute approximate surface area is 131 Å². The number of ether oxygens (including phenoxy) is 1. The molecule has 1 saturated heterocycles. The van der Waals surface area contributed by atoms with Gasteiger partial charge in [-0.3, -0.25) is 10.1 Å². The number of aryl methyl sites for hydroxylation is 1. The summed E-state index contributed by atoms with van der Waals surface area (Å²) in [4.78, 5) is 17.3. The SMILES string of the molecule is CCC1(C)NC(c2ccc(C)s2)N(CCCCOC)C1=O. The molecular formula is C16H26N2O2S. The number of nitrogens with one attached hydrogen (secondary N) is 1. The molecule has 0 radical (unpaired) electrons. The van der Waals surface area contributed by atoms with Gasteiger partial charge in [0.2, 0.25) is 5.91 Å². The molecule has 0 spiro atoms. The molecule has 0 bridgehead atoms. The highest BCUT2D eigenvalue weighted by Crippen LogP contribution is 2.35. The lowest BCUT2D eigenvalue weighted by Crippen LogP contribution is -2.43. The maximum atomic E-state index is 12.7. The first-order valence-electron chi connectivity index (χ1n) is 7.66. The quantitative estimate of drug-likeness (QED) is 0.787. The molecule has 1 aromatic rings. The molecule has 0 saturated carbocycles. The maximum absolute atomic E-state index is 12.7. The summed E-state index contributed by atoms with van der Waals surface area (Å²) in [7, 11) is 1.72. The van der Waals surface area contributed by atoms with Crippen LogP contribution < -0.4 is 5.32 Å². The monoisotopic (exact) mass is 310 g/mol. The third-order valence-electron chi connectivity index (χ3n) is 4.24. The first-order valence-corrected chi connectivity index (χ1v) is 8.47. The van der Waals surface area contributed by atoms with E-state index in [1.807, 2.05) is 11.8 Å². The van der Waals surface area contributed by atoms with E-state index in [0.717, 1.165) is 32.4 Å². The number of amides is 1. The van der Waals surface area contributed by atoms with Crippen LogP contribution in [0.5, 0.6) is 0 Å². The molecule has 1 aliphatic heterocycles. The Morgan fingerprint density at radius 3 is 2.76 bits per heavy atom. The van der Waals surface area contributed by atoms with Gasteiger partial charge < -0.3 is 9.64 Å². The summed E-state index contributed by atoms with van der Waals surface area (Å²) in [5, 5.41) is 3.54. The highest BCUT2D eigenvalue weighted by molar-refractivity contribution is 7.12. The van der Waals surface area contributed by atoms with Crippen LogP contribution in [0, 0.1) is 6.92 Å². The van der Waals surface area contributed by atoms with Crippen molar-refractivity contribution in [2.24, 2.45) is 0 Å². The zero-order valence-electron chi connectivity index (χ0n) is 13.4. The average Bonchev–Trinajstić information content (AvgIpc) is 3.00. The van der Waals surface area contributed by atoms with Gasteiger partial charge in [0.05, 0.1) is 5.54 Å². The second-order valence-corrected chi connectivity index (χ2v) is 7.20. The number of carbonyl (C=O) groups is 1. The van der Waals surface area contributed by atoms with E-state index in [9.17, 15) is 4.79 Å². The Morgan fingerprint density at radius 1 is 1.43 bits per heavy atom. The van der Waals surface area contributed by atoms with Gasteiger partial charge in [0, 0.05) is 30.0 Å². The Kier molecular flexibility index (Phi) is 5.41. The van der Waals surface area contributed by atoms with Gasteiger partial charge in [-0.1, -0.05) is 6.92 Å². The van der Waals surface area contributed by atoms with E-state index in [4.69, 9.17) is 4.74 Å². The average molecular weight is 310 g/mol. The fraction of sp³-hybridized carbons (Fsp3) is 0.688. The van der Waals surface area contributed by atoms with Crippen LogP contribution in [-0.4, -0.2) is 36.6 Å². The van der Waals surface area contributed by atoms with E-state index in [-0.39, 0.29) is 12.1 Å². The molecule has 118 valence electrons. The smallest absolute Gasteiger partial charge is 0.244 e. The minimum atomic E-state index is -0.441. The van der Waals surface area contributed by atoms with Crippen molar-refractivity contribution < 1.29 is 9.53 Å². The summed E-state index contributed by atoms with van der Waals surface area (Å²) < 4.78 is 5.09. The molecule has 1 fully saturated rings. The molecule has 21 heavy (non-hydrogen) atoms. The zero-order valence-corrected chi connectivity index (χ0v) is 14.3. The standard InChI is InChI=1S/C16H26N2O2S/c1-5-16(3)15(19)18(10-6-7-11-20-4)14(17-16)13-9-8-12(2)21-13/h8-9,14,17H,5-7,10-11H2,1-4H3. The molecule has 1 aromatic heterocycles. The number of rotatable bonds is 7. The van der Waals surface area contributed by atoms with Crippen LogP contribution in [0.2, 0.25) is 0 Å².